The Morgan fingerprint density at radius 2 is 2.14 bits per heavy atom. The average Bonchev–Trinajstić information content (AvgIpc) is 2.47. The molecule has 110 valence electrons. The van der Waals surface area contributed by atoms with Crippen LogP contribution in [0.3, 0.4) is 0 Å². The lowest BCUT2D eigenvalue weighted by molar-refractivity contribution is 0.0602. The molecule has 0 aliphatic carbocycles. The van der Waals surface area contributed by atoms with E-state index < -0.39 is 5.97 Å². The van der Waals surface area contributed by atoms with Gasteiger partial charge in [0.05, 0.1) is 18.4 Å². The average molecular weight is 304 g/mol. The fraction of sp³-hybridized carbons (Fsp3) is 0.214. The molecule has 0 aliphatic heterocycles. The van der Waals surface area contributed by atoms with Crippen LogP contribution in [0.15, 0.2) is 35.5 Å². The molecule has 0 fully saturated rings. The highest BCUT2D eigenvalue weighted by atomic mass is 32.2. The Labute approximate surface area is 127 Å². The fourth-order valence-electron chi connectivity index (χ4n) is 1.72. The number of aromatic nitrogens is 2. The van der Waals surface area contributed by atoms with Gasteiger partial charge in [-0.3, -0.25) is 0 Å². The van der Waals surface area contributed by atoms with E-state index in [0.29, 0.717) is 28.0 Å². The number of rotatable bonds is 5. The van der Waals surface area contributed by atoms with Crippen LogP contribution in [0.4, 0.5) is 17.3 Å². The van der Waals surface area contributed by atoms with Gasteiger partial charge < -0.3 is 15.8 Å². The molecule has 0 amide bonds. The Morgan fingerprint density at radius 1 is 1.38 bits per heavy atom. The number of anilines is 3. The second-order valence-corrected chi connectivity index (χ2v) is 5.29. The maximum Gasteiger partial charge on any atom is 0.339 e. The molecule has 21 heavy (non-hydrogen) atoms. The molecule has 0 bridgehead atoms. The van der Waals surface area contributed by atoms with Gasteiger partial charge in [-0.25, -0.2) is 14.8 Å². The molecule has 0 aliphatic rings. The van der Waals surface area contributed by atoms with Crippen LogP contribution in [-0.4, -0.2) is 28.8 Å². The Morgan fingerprint density at radius 3 is 2.86 bits per heavy atom. The number of nitrogen functional groups attached to an aromatic ring is 1. The van der Waals surface area contributed by atoms with Crippen LogP contribution in [0, 0.1) is 0 Å². The number of esters is 1. The number of ether oxygens (including phenoxy) is 1. The van der Waals surface area contributed by atoms with Gasteiger partial charge in [0, 0.05) is 6.07 Å². The molecule has 3 N–H and O–H groups in total. The van der Waals surface area contributed by atoms with Crippen LogP contribution in [0.25, 0.3) is 0 Å². The standard InChI is InChI=1S/C14H16N4O2S/c1-3-21-14-17-11(15)8-12(18-14)16-10-7-5-4-6-9(10)13(19)20-2/h4-8H,3H2,1-2H3,(H3,15,16,17,18). The highest BCUT2D eigenvalue weighted by Gasteiger charge is 2.12. The van der Waals surface area contributed by atoms with Crippen molar-refractivity contribution in [3.63, 3.8) is 0 Å². The molecular formula is C14H16N4O2S. The molecule has 2 rings (SSSR count). The van der Waals surface area contributed by atoms with Gasteiger partial charge in [-0.05, 0) is 17.9 Å². The third-order valence-electron chi connectivity index (χ3n) is 2.59. The third kappa shape index (κ3) is 3.85. The number of benzene rings is 1. The predicted octanol–water partition coefficient (Wildman–Crippen LogP) is 2.70. The summed E-state index contributed by atoms with van der Waals surface area (Å²) in [5.74, 6) is 1.35. The largest absolute Gasteiger partial charge is 0.465 e. The van der Waals surface area contributed by atoms with Crippen LogP contribution >= 0.6 is 11.8 Å². The normalized spacial score (nSPS) is 10.2. The van der Waals surface area contributed by atoms with Crippen molar-refractivity contribution >= 4 is 35.1 Å². The van der Waals surface area contributed by atoms with E-state index in [4.69, 9.17) is 10.5 Å². The summed E-state index contributed by atoms with van der Waals surface area (Å²) in [5.41, 5.74) is 6.81. The van der Waals surface area contributed by atoms with Crippen molar-refractivity contribution in [2.24, 2.45) is 0 Å². The van der Waals surface area contributed by atoms with E-state index in [1.165, 1.54) is 18.9 Å². The summed E-state index contributed by atoms with van der Waals surface area (Å²) in [6.07, 6.45) is 0. The zero-order chi connectivity index (χ0) is 15.2. The second kappa shape index (κ2) is 6.94. The number of carbonyl (C=O) groups is 1. The summed E-state index contributed by atoms with van der Waals surface area (Å²) < 4.78 is 4.76. The predicted molar refractivity (Wildman–Crippen MR) is 83.9 cm³/mol. The van der Waals surface area contributed by atoms with Gasteiger partial charge in [-0.1, -0.05) is 30.8 Å². The summed E-state index contributed by atoms with van der Waals surface area (Å²) in [5, 5.41) is 3.68. The zero-order valence-corrected chi connectivity index (χ0v) is 12.6. The van der Waals surface area contributed by atoms with Crippen LogP contribution in [-0.2, 0) is 4.74 Å². The monoisotopic (exact) mass is 304 g/mol. The van der Waals surface area contributed by atoms with Gasteiger partial charge in [-0.2, -0.15) is 0 Å². The van der Waals surface area contributed by atoms with Crippen molar-refractivity contribution < 1.29 is 9.53 Å². The highest BCUT2D eigenvalue weighted by molar-refractivity contribution is 7.99. The topological polar surface area (TPSA) is 90.1 Å². The summed E-state index contributed by atoms with van der Waals surface area (Å²) in [6, 6.07) is 8.66. The number of methoxy groups -OCH3 is 1. The van der Waals surface area contributed by atoms with Crippen LogP contribution < -0.4 is 11.1 Å². The first-order valence-electron chi connectivity index (χ1n) is 6.35. The number of nitrogens with one attached hydrogen (secondary N) is 1. The molecule has 0 atom stereocenters. The van der Waals surface area contributed by atoms with Gasteiger partial charge in [0.2, 0.25) is 0 Å². The molecule has 1 heterocycles. The van der Waals surface area contributed by atoms with Crippen LogP contribution in [0.1, 0.15) is 17.3 Å². The Kier molecular flexibility index (Phi) is 4.99. The fourth-order valence-corrected chi connectivity index (χ4v) is 2.31. The minimum Gasteiger partial charge on any atom is -0.465 e. The number of hydrogen-bond acceptors (Lipinski definition) is 7. The smallest absolute Gasteiger partial charge is 0.339 e. The first kappa shape index (κ1) is 15.1. The minimum atomic E-state index is -0.414. The molecule has 0 saturated heterocycles. The summed E-state index contributed by atoms with van der Waals surface area (Å²) >= 11 is 1.50. The van der Waals surface area contributed by atoms with Crippen molar-refractivity contribution in [2.75, 3.05) is 23.9 Å². The summed E-state index contributed by atoms with van der Waals surface area (Å²) in [4.78, 5) is 20.2. The molecule has 0 radical (unpaired) electrons. The van der Waals surface area contributed by atoms with Gasteiger partial charge >= 0.3 is 5.97 Å². The quantitative estimate of drug-likeness (QED) is 0.498. The lowest BCUT2D eigenvalue weighted by Gasteiger charge is -2.11. The van der Waals surface area contributed by atoms with Crippen LogP contribution in [0.5, 0.6) is 0 Å². The van der Waals surface area contributed by atoms with Gasteiger partial charge in [0.25, 0.3) is 0 Å². The maximum atomic E-state index is 11.7. The first-order chi connectivity index (χ1) is 10.1. The Bertz CT molecular complexity index is 649. The number of para-hydroxylation sites is 1. The lowest BCUT2D eigenvalue weighted by Crippen LogP contribution is -2.07. The molecule has 6 nitrogen and oxygen atoms in total. The van der Waals surface area contributed by atoms with Gasteiger partial charge in [0.1, 0.15) is 11.6 Å². The molecule has 1 aromatic heterocycles. The van der Waals surface area contributed by atoms with Crippen LogP contribution in [0.2, 0.25) is 0 Å². The van der Waals surface area contributed by atoms with E-state index in [9.17, 15) is 4.79 Å². The number of hydrogen-bond donors (Lipinski definition) is 2. The number of thioether (sulfide) groups is 1. The van der Waals surface area contributed by atoms with Crippen molar-refractivity contribution in [1.29, 1.82) is 0 Å². The zero-order valence-electron chi connectivity index (χ0n) is 11.8. The lowest BCUT2D eigenvalue weighted by atomic mass is 10.2. The minimum absolute atomic E-state index is 0.374. The van der Waals surface area contributed by atoms with E-state index in [-0.39, 0.29) is 0 Å². The molecule has 0 spiro atoms. The van der Waals surface area contributed by atoms with E-state index in [2.05, 4.69) is 15.3 Å². The van der Waals surface area contributed by atoms with E-state index in [1.54, 1.807) is 24.3 Å². The third-order valence-corrected chi connectivity index (χ3v) is 3.32. The maximum absolute atomic E-state index is 11.7. The molecule has 0 unspecified atom stereocenters. The highest BCUT2D eigenvalue weighted by Crippen LogP contribution is 2.23. The molecule has 1 aromatic carbocycles. The number of nitrogens with two attached hydrogens (primary N) is 1. The molecule has 0 saturated carbocycles. The van der Waals surface area contributed by atoms with Gasteiger partial charge in [0.15, 0.2) is 5.16 Å². The van der Waals surface area contributed by atoms with E-state index >= 15 is 0 Å². The Balaban J connectivity index is 2.32. The van der Waals surface area contributed by atoms with Crippen molar-refractivity contribution in [3.8, 4) is 0 Å². The molecule has 2 aromatic rings. The molecular weight excluding hydrogens is 288 g/mol. The SMILES string of the molecule is CCSc1nc(N)cc(Nc2ccccc2C(=O)OC)n1. The van der Waals surface area contributed by atoms with Crippen molar-refractivity contribution in [1.82, 2.24) is 9.97 Å². The first-order valence-corrected chi connectivity index (χ1v) is 7.34. The number of nitrogens with zero attached hydrogens (tertiary/aromatic N) is 2. The Hall–Kier alpha value is -2.28. The summed E-state index contributed by atoms with van der Waals surface area (Å²) in [7, 11) is 1.35. The van der Waals surface area contributed by atoms with Crippen molar-refractivity contribution in [3.05, 3.63) is 35.9 Å². The summed E-state index contributed by atoms with van der Waals surface area (Å²) in [6.45, 7) is 2.01. The molecule has 7 heteroatoms. The van der Waals surface area contributed by atoms with E-state index in [0.717, 1.165) is 5.75 Å². The second-order valence-electron chi connectivity index (χ2n) is 4.06. The van der Waals surface area contributed by atoms with E-state index in [1.807, 2.05) is 13.0 Å². The van der Waals surface area contributed by atoms with Gasteiger partial charge in [-0.15, -0.1) is 0 Å². The number of carbonyl (C=O) groups excluding carboxylic acids is 1. The van der Waals surface area contributed by atoms with Crippen molar-refractivity contribution in [2.45, 2.75) is 12.1 Å².